The number of nitrogens with one attached hydrogen (secondary N) is 2. The lowest BCUT2D eigenvalue weighted by Crippen LogP contribution is -2.41. The van der Waals surface area contributed by atoms with Crippen molar-refractivity contribution in [3.05, 3.63) is 70.7 Å². The number of sulfonamides is 1. The van der Waals surface area contributed by atoms with Gasteiger partial charge < -0.3 is 5.32 Å². The summed E-state index contributed by atoms with van der Waals surface area (Å²) < 4.78 is 27.6. The molecule has 8 heteroatoms. The molecule has 0 spiro atoms. The van der Waals surface area contributed by atoms with Crippen molar-refractivity contribution in [2.75, 3.05) is 5.32 Å². The van der Waals surface area contributed by atoms with Crippen molar-refractivity contribution in [3.63, 3.8) is 0 Å². The second kappa shape index (κ2) is 7.86. The molecule has 0 saturated carbocycles. The van der Waals surface area contributed by atoms with E-state index in [0.717, 1.165) is 10.8 Å². The number of hydrogen-bond acceptors (Lipinski definition) is 3. The van der Waals surface area contributed by atoms with Crippen LogP contribution in [0.2, 0.25) is 10.0 Å². The zero-order valence-electron chi connectivity index (χ0n) is 14.2. The van der Waals surface area contributed by atoms with Crippen molar-refractivity contribution >= 4 is 55.6 Å². The Morgan fingerprint density at radius 2 is 1.67 bits per heavy atom. The highest BCUT2D eigenvalue weighted by Crippen LogP contribution is 2.29. The van der Waals surface area contributed by atoms with Gasteiger partial charge >= 0.3 is 0 Å². The van der Waals surface area contributed by atoms with Crippen LogP contribution in [0.5, 0.6) is 0 Å². The number of hydrogen-bond donors (Lipinski definition) is 2. The number of fused-ring (bicyclic) bond motifs is 1. The van der Waals surface area contributed by atoms with E-state index in [1.54, 1.807) is 30.3 Å². The van der Waals surface area contributed by atoms with Crippen LogP contribution in [-0.2, 0) is 14.8 Å². The van der Waals surface area contributed by atoms with Gasteiger partial charge in [0.05, 0.1) is 26.7 Å². The number of rotatable bonds is 5. The van der Waals surface area contributed by atoms with Crippen LogP contribution in [-0.4, -0.2) is 20.4 Å². The number of carbonyl (C=O) groups is 1. The third kappa shape index (κ3) is 4.42. The molecule has 3 aromatic rings. The Kier molecular flexibility index (Phi) is 5.72. The van der Waals surface area contributed by atoms with Crippen LogP contribution in [0.1, 0.15) is 6.92 Å². The topological polar surface area (TPSA) is 75.3 Å². The molecule has 0 unspecified atom stereocenters. The number of carbonyl (C=O) groups excluding carboxylic acids is 1. The Labute approximate surface area is 167 Å². The summed E-state index contributed by atoms with van der Waals surface area (Å²) in [6, 6.07) is 16.0. The van der Waals surface area contributed by atoms with Crippen LogP contribution in [0.25, 0.3) is 10.8 Å². The van der Waals surface area contributed by atoms with Gasteiger partial charge in [-0.1, -0.05) is 59.6 Å². The summed E-state index contributed by atoms with van der Waals surface area (Å²) >= 11 is 12.0. The maximum absolute atomic E-state index is 12.6. The summed E-state index contributed by atoms with van der Waals surface area (Å²) in [6.07, 6.45) is 0. The summed E-state index contributed by atoms with van der Waals surface area (Å²) in [5.74, 6) is -0.552. The molecule has 0 aromatic heterocycles. The van der Waals surface area contributed by atoms with Crippen LogP contribution < -0.4 is 10.0 Å². The van der Waals surface area contributed by atoms with Gasteiger partial charge in [-0.2, -0.15) is 4.72 Å². The molecule has 0 bridgehead atoms. The molecule has 0 heterocycles. The summed E-state index contributed by atoms with van der Waals surface area (Å²) in [5, 5.41) is 4.78. The summed E-state index contributed by atoms with van der Waals surface area (Å²) in [5.41, 5.74) is 0.311. The number of anilines is 1. The Morgan fingerprint density at radius 3 is 2.41 bits per heavy atom. The molecule has 1 amide bonds. The molecular weight excluding hydrogens is 407 g/mol. The zero-order valence-corrected chi connectivity index (χ0v) is 16.6. The van der Waals surface area contributed by atoms with Gasteiger partial charge in [-0.25, -0.2) is 8.42 Å². The standard InChI is InChI=1S/C19H16Cl2N2O3S/c1-12(19(24)22-17-8-4-7-16(20)18(17)21)23-27(25,26)15-10-9-13-5-2-3-6-14(13)11-15/h2-12,23H,1H3,(H,22,24)/t12-/m0/s1. The Bertz CT molecular complexity index is 1120. The molecule has 0 aliphatic carbocycles. The van der Waals surface area contributed by atoms with E-state index in [1.165, 1.54) is 13.0 Å². The highest BCUT2D eigenvalue weighted by molar-refractivity contribution is 7.89. The first-order valence-electron chi connectivity index (χ1n) is 8.04. The smallest absolute Gasteiger partial charge is 0.242 e. The van der Waals surface area contributed by atoms with Crippen LogP contribution in [0.3, 0.4) is 0 Å². The summed E-state index contributed by atoms with van der Waals surface area (Å²) in [6.45, 7) is 1.45. The lowest BCUT2D eigenvalue weighted by molar-refractivity contribution is -0.117. The first-order chi connectivity index (χ1) is 12.8. The minimum absolute atomic E-state index is 0.0848. The average molecular weight is 423 g/mol. The molecule has 3 rings (SSSR count). The fourth-order valence-corrected chi connectivity index (χ4v) is 4.12. The van der Waals surface area contributed by atoms with E-state index >= 15 is 0 Å². The summed E-state index contributed by atoms with van der Waals surface area (Å²) in [4.78, 5) is 12.4. The minimum atomic E-state index is -3.88. The molecule has 0 aliphatic rings. The third-order valence-corrected chi connectivity index (χ3v) is 6.32. The number of halogens is 2. The van der Waals surface area contributed by atoms with Gasteiger partial charge in [0, 0.05) is 0 Å². The Balaban J connectivity index is 1.77. The van der Waals surface area contributed by atoms with Gasteiger partial charge in [0.15, 0.2) is 0 Å². The molecule has 2 N–H and O–H groups in total. The van der Waals surface area contributed by atoms with E-state index in [4.69, 9.17) is 23.2 Å². The molecule has 1 atom stereocenters. The highest BCUT2D eigenvalue weighted by atomic mass is 35.5. The van der Waals surface area contributed by atoms with Gasteiger partial charge in [0.2, 0.25) is 15.9 Å². The monoisotopic (exact) mass is 422 g/mol. The molecule has 5 nitrogen and oxygen atoms in total. The van der Waals surface area contributed by atoms with Crippen molar-refractivity contribution in [3.8, 4) is 0 Å². The predicted molar refractivity (Wildman–Crippen MR) is 109 cm³/mol. The molecule has 0 saturated heterocycles. The van der Waals surface area contributed by atoms with E-state index < -0.39 is 22.0 Å². The minimum Gasteiger partial charge on any atom is -0.323 e. The molecule has 0 fully saturated rings. The van der Waals surface area contributed by atoms with Crippen LogP contribution in [0.15, 0.2) is 65.6 Å². The molecule has 140 valence electrons. The maximum Gasteiger partial charge on any atom is 0.242 e. The predicted octanol–water partition coefficient (Wildman–Crippen LogP) is 4.45. The first-order valence-corrected chi connectivity index (χ1v) is 10.3. The van der Waals surface area contributed by atoms with Crippen molar-refractivity contribution in [1.82, 2.24) is 4.72 Å². The van der Waals surface area contributed by atoms with E-state index in [0.29, 0.717) is 10.7 Å². The van der Waals surface area contributed by atoms with Gasteiger partial charge in [0.25, 0.3) is 0 Å². The Hall–Kier alpha value is -2.12. The quantitative estimate of drug-likeness (QED) is 0.637. The van der Waals surface area contributed by atoms with Gasteiger partial charge in [-0.15, -0.1) is 0 Å². The van der Waals surface area contributed by atoms with Gasteiger partial charge in [0.1, 0.15) is 0 Å². The fourth-order valence-electron chi connectivity index (χ4n) is 2.53. The lowest BCUT2D eigenvalue weighted by Gasteiger charge is -2.15. The van der Waals surface area contributed by atoms with Crippen LogP contribution in [0, 0.1) is 0 Å². The van der Waals surface area contributed by atoms with E-state index in [9.17, 15) is 13.2 Å². The molecule has 0 aliphatic heterocycles. The highest BCUT2D eigenvalue weighted by Gasteiger charge is 2.23. The number of amides is 1. The zero-order chi connectivity index (χ0) is 19.6. The Morgan fingerprint density at radius 1 is 0.963 bits per heavy atom. The molecule has 3 aromatic carbocycles. The van der Waals surface area contributed by atoms with E-state index in [2.05, 4.69) is 10.0 Å². The van der Waals surface area contributed by atoms with Gasteiger partial charge in [-0.05, 0) is 42.0 Å². The van der Waals surface area contributed by atoms with Crippen LogP contribution >= 0.6 is 23.2 Å². The molecule has 0 radical (unpaired) electrons. The number of benzene rings is 3. The normalized spacial score (nSPS) is 12.7. The van der Waals surface area contributed by atoms with E-state index in [-0.39, 0.29) is 9.92 Å². The van der Waals surface area contributed by atoms with Crippen molar-refractivity contribution in [1.29, 1.82) is 0 Å². The second-order valence-electron chi connectivity index (χ2n) is 5.94. The van der Waals surface area contributed by atoms with Crippen molar-refractivity contribution in [2.24, 2.45) is 0 Å². The van der Waals surface area contributed by atoms with Crippen molar-refractivity contribution < 1.29 is 13.2 Å². The van der Waals surface area contributed by atoms with Gasteiger partial charge in [-0.3, -0.25) is 4.79 Å². The molecular formula is C19H16Cl2N2O3S. The SMILES string of the molecule is C[C@H](NS(=O)(=O)c1ccc2ccccc2c1)C(=O)Nc1cccc(Cl)c1Cl. The van der Waals surface area contributed by atoms with Crippen LogP contribution in [0.4, 0.5) is 5.69 Å². The summed E-state index contributed by atoms with van der Waals surface area (Å²) in [7, 11) is -3.88. The third-order valence-electron chi connectivity index (χ3n) is 3.97. The fraction of sp³-hybridized carbons (Fsp3) is 0.105. The van der Waals surface area contributed by atoms with Crippen molar-refractivity contribution in [2.45, 2.75) is 17.9 Å². The lowest BCUT2D eigenvalue weighted by atomic mass is 10.1. The first kappa shape index (κ1) is 19.6. The molecule has 27 heavy (non-hydrogen) atoms. The average Bonchev–Trinajstić information content (AvgIpc) is 2.64. The second-order valence-corrected chi connectivity index (χ2v) is 8.44. The maximum atomic E-state index is 12.6. The van der Waals surface area contributed by atoms with E-state index in [1.807, 2.05) is 24.3 Å². The largest absolute Gasteiger partial charge is 0.323 e.